The first-order valence-electron chi connectivity index (χ1n) is 6.12. The van der Waals surface area contributed by atoms with Crippen LogP contribution >= 0.6 is 0 Å². The van der Waals surface area contributed by atoms with Crippen molar-refractivity contribution in [1.82, 2.24) is 15.4 Å². The molecular weight excluding hydrogens is 236 g/mol. The number of rotatable bonds is 3. The zero-order valence-electron chi connectivity index (χ0n) is 10.6. The number of hydrogen-bond acceptors (Lipinski definition) is 3. The second-order valence-electron chi connectivity index (χ2n) is 4.34. The number of aromatic nitrogens is 3. The second-order valence-corrected chi connectivity index (χ2v) is 4.34. The van der Waals surface area contributed by atoms with Crippen molar-refractivity contribution in [1.29, 1.82) is 0 Å². The number of aromatic amines is 1. The van der Waals surface area contributed by atoms with E-state index < -0.39 is 0 Å². The van der Waals surface area contributed by atoms with Crippen LogP contribution in [0.1, 0.15) is 5.56 Å². The van der Waals surface area contributed by atoms with E-state index in [1.807, 2.05) is 36.4 Å². The SMILES string of the molecule is Cc1ccccc1Nc1ccccc1-c1cn[nH]n1. The normalized spacial score (nSPS) is 10.4. The Hall–Kier alpha value is -2.62. The van der Waals surface area contributed by atoms with Crippen LogP contribution in [0.3, 0.4) is 0 Å². The van der Waals surface area contributed by atoms with E-state index in [-0.39, 0.29) is 0 Å². The zero-order chi connectivity index (χ0) is 13.1. The molecule has 0 bridgehead atoms. The Balaban J connectivity index is 2.00. The minimum atomic E-state index is 0.830. The minimum absolute atomic E-state index is 0.830. The molecule has 0 aliphatic rings. The molecule has 4 nitrogen and oxygen atoms in total. The molecule has 0 atom stereocenters. The van der Waals surface area contributed by atoms with E-state index in [1.165, 1.54) is 5.56 Å². The molecule has 1 heterocycles. The zero-order valence-corrected chi connectivity index (χ0v) is 10.6. The van der Waals surface area contributed by atoms with Gasteiger partial charge < -0.3 is 5.32 Å². The molecule has 19 heavy (non-hydrogen) atoms. The van der Waals surface area contributed by atoms with E-state index in [1.54, 1.807) is 6.20 Å². The highest BCUT2D eigenvalue weighted by Gasteiger charge is 2.07. The fourth-order valence-corrected chi connectivity index (χ4v) is 2.01. The Morgan fingerprint density at radius 3 is 2.42 bits per heavy atom. The summed E-state index contributed by atoms with van der Waals surface area (Å²) in [5.41, 5.74) is 5.18. The van der Waals surface area contributed by atoms with Crippen molar-refractivity contribution in [3.8, 4) is 11.3 Å². The highest BCUT2D eigenvalue weighted by atomic mass is 15.3. The average Bonchev–Trinajstić information content (AvgIpc) is 2.96. The lowest BCUT2D eigenvalue weighted by molar-refractivity contribution is 0.942. The Kier molecular flexibility index (Phi) is 2.98. The molecular formula is C15H14N4. The van der Waals surface area contributed by atoms with Gasteiger partial charge in [0.05, 0.1) is 6.20 Å². The molecule has 2 N–H and O–H groups in total. The quantitative estimate of drug-likeness (QED) is 0.747. The molecule has 2 aromatic carbocycles. The molecule has 0 amide bonds. The maximum Gasteiger partial charge on any atom is 0.114 e. The van der Waals surface area contributed by atoms with Gasteiger partial charge in [-0.3, -0.25) is 0 Å². The summed E-state index contributed by atoms with van der Waals surface area (Å²) < 4.78 is 0. The molecule has 1 aromatic heterocycles. The summed E-state index contributed by atoms with van der Waals surface area (Å²) in [7, 11) is 0. The third-order valence-electron chi connectivity index (χ3n) is 3.03. The number of hydrogen-bond donors (Lipinski definition) is 2. The molecule has 0 saturated heterocycles. The maximum atomic E-state index is 4.14. The molecule has 0 radical (unpaired) electrons. The van der Waals surface area contributed by atoms with Crippen molar-refractivity contribution in [3.63, 3.8) is 0 Å². The number of anilines is 2. The van der Waals surface area contributed by atoms with Gasteiger partial charge in [-0.15, -0.1) is 0 Å². The van der Waals surface area contributed by atoms with Gasteiger partial charge in [0.25, 0.3) is 0 Å². The molecule has 0 unspecified atom stereocenters. The van der Waals surface area contributed by atoms with E-state index in [0.29, 0.717) is 0 Å². The lowest BCUT2D eigenvalue weighted by Gasteiger charge is -2.12. The molecule has 0 spiro atoms. The van der Waals surface area contributed by atoms with Crippen molar-refractivity contribution < 1.29 is 0 Å². The maximum absolute atomic E-state index is 4.14. The summed E-state index contributed by atoms with van der Waals surface area (Å²) in [5, 5.41) is 14.1. The highest BCUT2D eigenvalue weighted by molar-refractivity contribution is 5.79. The van der Waals surface area contributed by atoms with Crippen LogP contribution in [0.5, 0.6) is 0 Å². The van der Waals surface area contributed by atoms with E-state index in [0.717, 1.165) is 22.6 Å². The molecule has 0 aliphatic heterocycles. The van der Waals surface area contributed by atoms with Gasteiger partial charge in [-0.1, -0.05) is 36.4 Å². The van der Waals surface area contributed by atoms with Gasteiger partial charge in [0.1, 0.15) is 5.69 Å². The van der Waals surface area contributed by atoms with Crippen molar-refractivity contribution >= 4 is 11.4 Å². The number of benzene rings is 2. The van der Waals surface area contributed by atoms with Crippen molar-refractivity contribution in [2.24, 2.45) is 0 Å². The van der Waals surface area contributed by atoms with Gasteiger partial charge >= 0.3 is 0 Å². The van der Waals surface area contributed by atoms with Crippen LogP contribution in [-0.4, -0.2) is 15.4 Å². The fraction of sp³-hybridized carbons (Fsp3) is 0.0667. The fourth-order valence-electron chi connectivity index (χ4n) is 2.01. The molecule has 94 valence electrons. The van der Waals surface area contributed by atoms with Gasteiger partial charge in [-0.25, -0.2) is 0 Å². The topological polar surface area (TPSA) is 53.6 Å². The number of nitrogens with zero attached hydrogens (tertiary/aromatic N) is 2. The summed E-state index contributed by atoms with van der Waals surface area (Å²) in [5.74, 6) is 0. The first-order valence-corrected chi connectivity index (χ1v) is 6.12. The van der Waals surface area contributed by atoms with Crippen LogP contribution in [-0.2, 0) is 0 Å². The van der Waals surface area contributed by atoms with E-state index >= 15 is 0 Å². The lowest BCUT2D eigenvalue weighted by Crippen LogP contribution is -1.95. The van der Waals surface area contributed by atoms with E-state index in [2.05, 4.69) is 39.8 Å². The van der Waals surface area contributed by atoms with Gasteiger partial charge in [-0.2, -0.15) is 15.4 Å². The monoisotopic (exact) mass is 250 g/mol. The number of aryl methyl sites for hydroxylation is 1. The summed E-state index contributed by atoms with van der Waals surface area (Å²) in [6, 6.07) is 16.3. The van der Waals surface area contributed by atoms with Gasteiger partial charge in [0, 0.05) is 16.9 Å². The Labute approximate surface area is 111 Å². The predicted octanol–water partition coefficient (Wildman–Crippen LogP) is 3.52. The lowest BCUT2D eigenvalue weighted by atomic mass is 10.1. The number of nitrogens with one attached hydrogen (secondary N) is 2. The first kappa shape index (κ1) is 11.5. The van der Waals surface area contributed by atoms with Crippen LogP contribution in [0, 0.1) is 6.92 Å². The molecule has 3 rings (SSSR count). The Morgan fingerprint density at radius 1 is 0.947 bits per heavy atom. The standard InChI is InChI=1S/C15H14N4/c1-11-6-2-4-8-13(11)17-14-9-5-3-7-12(14)15-10-16-19-18-15/h2-10,17H,1H3,(H,16,18,19). The van der Waals surface area contributed by atoms with Crippen LogP contribution in [0.4, 0.5) is 11.4 Å². The van der Waals surface area contributed by atoms with Crippen LogP contribution in [0.15, 0.2) is 54.7 Å². The van der Waals surface area contributed by atoms with Crippen molar-refractivity contribution in [2.75, 3.05) is 5.32 Å². The van der Waals surface area contributed by atoms with E-state index in [9.17, 15) is 0 Å². The van der Waals surface area contributed by atoms with Gasteiger partial charge in [0.2, 0.25) is 0 Å². The molecule has 0 saturated carbocycles. The predicted molar refractivity (Wildman–Crippen MR) is 76.3 cm³/mol. The average molecular weight is 250 g/mol. The first-order chi connectivity index (χ1) is 9.34. The Bertz CT molecular complexity index is 674. The van der Waals surface area contributed by atoms with Crippen molar-refractivity contribution in [2.45, 2.75) is 6.92 Å². The smallest absolute Gasteiger partial charge is 0.114 e. The summed E-state index contributed by atoms with van der Waals surface area (Å²) >= 11 is 0. The molecule has 3 aromatic rings. The second kappa shape index (κ2) is 4.94. The summed E-state index contributed by atoms with van der Waals surface area (Å²) in [6.07, 6.45) is 1.72. The molecule has 0 aliphatic carbocycles. The number of H-pyrrole nitrogens is 1. The minimum Gasteiger partial charge on any atom is -0.355 e. The van der Waals surface area contributed by atoms with Crippen molar-refractivity contribution in [3.05, 3.63) is 60.3 Å². The molecule has 0 fully saturated rings. The number of para-hydroxylation sites is 2. The van der Waals surface area contributed by atoms with E-state index in [4.69, 9.17) is 0 Å². The van der Waals surface area contributed by atoms with Crippen LogP contribution in [0.25, 0.3) is 11.3 Å². The van der Waals surface area contributed by atoms with Crippen LogP contribution < -0.4 is 5.32 Å². The third kappa shape index (κ3) is 2.33. The summed E-state index contributed by atoms with van der Waals surface area (Å²) in [4.78, 5) is 0. The highest BCUT2D eigenvalue weighted by Crippen LogP contribution is 2.29. The third-order valence-corrected chi connectivity index (χ3v) is 3.03. The van der Waals surface area contributed by atoms with Gasteiger partial charge in [-0.05, 0) is 24.6 Å². The summed E-state index contributed by atoms with van der Waals surface area (Å²) in [6.45, 7) is 2.08. The van der Waals surface area contributed by atoms with Crippen LogP contribution in [0.2, 0.25) is 0 Å². The largest absolute Gasteiger partial charge is 0.355 e. The van der Waals surface area contributed by atoms with Gasteiger partial charge in [0.15, 0.2) is 0 Å². The Morgan fingerprint density at radius 2 is 1.68 bits per heavy atom. The molecule has 4 heteroatoms.